The molecule has 0 radical (unpaired) electrons. The molecule has 4 rings (SSSR count). The van der Waals surface area contributed by atoms with Gasteiger partial charge in [-0.2, -0.15) is 15.4 Å². The Morgan fingerprint density at radius 1 is 1.21 bits per heavy atom. The van der Waals surface area contributed by atoms with Gasteiger partial charge in [-0.25, -0.2) is 9.67 Å². The molecule has 0 bridgehead atoms. The second-order valence-corrected chi connectivity index (χ2v) is 6.35. The summed E-state index contributed by atoms with van der Waals surface area (Å²) in [5.74, 6) is 1.21. The minimum Gasteiger partial charge on any atom is -0.384 e. The van der Waals surface area contributed by atoms with Crippen LogP contribution < -0.4 is 5.73 Å². The number of aromatic nitrogens is 6. The highest BCUT2D eigenvalue weighted by Gasteiger charge is 2.12. The molecule has 3 N–H and O–H groups in total. The molecule has 0 fully saturated rings. The van der Waals surface area contributed by atoms with Gasteiger partial charge in [-0.15, -0.1) is 16.9 Å². The van der Waals surface area contributed by atoms with Crippen LogP contribution in [-0.4, -0.2) is 30.2 Å². The zero-order valence-corrected chi connectivity index (χ0v) is 13.8. The normalized spacial score (nSPS) is 11.2. The van der Waals surface area contributed by atoms with Crippen molar-refractivity contribution in [2.24, 2.45) is 0 Å². The fraction of sp³-hybridized carbons (Fsp3) is 0.125. The third-order valence-corrected chi connectivity index (χ3v) is 4.85. The summed E-state index contributed by atoms with van der Waals surface area (Å²) in [6.07, 6.45) is 1.90. The number of nitrogens with zero attached hydrogens (tertiary/aromatic N) is 5. The van der Waals surface area contributed by atoms with Gasteiger partial charge in [0.15, 0.2) is 0 Å². The van der Waals surface area contributed by atoms with E-state index in [1.54, 1.807) is 11.8 Å². The number of pyridine rings is 1. The monoisotopic (exact) mass is 337 g/mol. The van der Waals surface area contributed by atoms with Gasteiger partial charge in [-0.05, 0) is 25.1 Å². The molecule has 1 aromatic carbocycles. The van der Waals surface area contributed by atoms with Crippen molar-refractivity contribution in [2.45, 2.75) is 17.6 Å². The minimum absolute atomic E-state index is 0.440. The molecule has 0 saturated heterocycles. The van der Waals surface area contributed by atoms with E-state index in [1.165, 1.54) is 0 Å². The highest BCUT2D eigenvalue weighted by molar-refractivity contribution is 7.98. The predicted molar refractivity (Wildman–Crippen MR) is 94.0 cm³/mol. The number of hydrogen-bond acceptors (Lipinski definition) is 6. The van der Waals surface area contributed by atoms with Crippen molar-refractivity contribution in [3.8, 4) is 5.69 Å². The summed E-state index contributed by atoms with van der Waals surface area (Å²) in [7, 11) is 0. The Kier molecular flexibility index (Phi) is 3.66. The third-order valence-electron chi connectivity index (χ3n) is 3.77. The highest BCUT2D eigenvalue weighted by Crippen LogP contribution is 2.30. The van der Waals surface area contributed by atoms with E-state index in [0.29, 0.717) is 11.5 Å². The summed E-state index contributed by atoms with van der Waals surface area (Å²) in [5, 5.41) is 15.2. The molecule has 0 atom stereocenters. The molecular weight excluding hydrogens is 322 g/mol. The zero-order valence-electron chi connectivity index (χ0n) is 13.0. The van der Waals surface area contributed by atoms with Crippen molar-refractivity contribution in [2.75, 3.05) is 5.73 Å². The number of nitrogen functional groups attached to an aromatic ring is 1. The molecule has 7 nitrogen and oxygen atoms in total. The number of nitrogens with one attached hydrogen (secondary N) is 1. The minimum atomic E-state index is 0.440. The zero-order chi connectivity index (χ0) is 16.5. The molecule has 0 aliphatic carbocycles. The van der Waals surface area contributed by atoms with Crippen LogP contribution in [0.4, 0.5) is 5.82 Å². The summed E-state index contributed by atoms with van der Waals surface area (Å²) < 4.78 is 1.95. The fourth-order valence-electron chi connectivity index (χ4n) is 2.51. The molecule has 24 heavy (non-hydrogen) atoms. The molecule has 0 spiro atoms. The first-order valence-corrected chi connectivity index (χ1v) is 8.39. The molecule has 0 amide bonds. The summed E-state index contributed by atoms with van der Waals surface area (Å²) in [6.45, 7) is 2.07. The highest BCUT2D eigenvalue weighted by atomic mass is 32.2. The Labute approximate surface area is 142 Å². The quantitative estimate of drug-likeness (QED) is 0.556. The molecule has 4 aromatic rings. The molecular formula is C16H15N7S. The van der Waals surface area contributed by atoms with E-state index in [4.69, 9.17) is 5.73 Å². The lowest BCUT2D eigenvalue weighted by atomic mass is 10.3. The number of aromatic amines is 1. The Morgan fingerprint density at radius 3 is 2.88 bits per heavy atom. The molecule has 0 aliphatic rings. The van der Waals surface area contributed by atoms with Crippen LogP contribution in [-0.2, 0) is 5.75 Å². The number of fused-ring (bicyclic) bond motifs is 1. The van der Waals surface area contributed by atoms with Crippen LogP contribution in [0.2, 0.25) is 0 Å². The first kappa shape index (κ1) is 14.7. The van der Waals surface area contributed by atoms with Crippen molar-refractivity contribution in [1.82, 2.24) is 30.2 Å². The average molecular weight is 337 g/mol. The van der Waals surface area contributed by atoms with Crippen LogP contribution in [0.15, 0.2) is 47.5 Å². The molecule has 3 aromatic heterocycles. The average Bonchev–Trinajstić information content (AvgIpc) is 3.20. The number of H-pyrrole nitrogens is 1. The van der Waals surface area contributed by atoms with Gasteiger partial charge in [-0.1, -0.05) is 18.2 Å². The van der Waals surface area contributed by atoms with E-state index < -0.39 is 0 Å². The van der Waals surface area contributed by atoms with Gasteiger partial charge in [0.2, 0.25) is 5.65 Å². The number of benzene rings is 1. The smallest absolute Gasteiger partial charge is 0.204 e. The van der Waals surface area contributed by atoms with Crippen LogP contribution in [0, 0.1) is 6.92 Å². The van der Waals surface area contributed by atoms with Gasteiger partial charge in [0, 0.05) is 21.9 Å². The molecule has 0 unspecified atom stereocenters. The van der Waals surface area contributed by atoms with E-state index in [1.807, 2.05) is 47.3 Å². The Hall–Kier alpha value is -2.87. The lowest BCUT2D eigenvalue weighted by Crippen LogP contribution is -1.98. The summed E-state index contributed by atoms with van der Waals surface area (Å²) in [6, 6.07) is 11.9. The predicted octanol–water partition coefficient (Wildman–Crippen LogP) is 2.72. The van der Waals surface area contributed by atoms with E-state index in [9.17, 15) is 0 Å². The lowest BCUT2D eigenvalue weighted by Gasteiger charge is -2.06. The topological polar surface area (TPSA) is 98.3 Å². The van der Waals surface area contributed by atoms with Crippen molar-refractivity contribution < 1.29 is 0 Å². The van der Waals surface area contributed by atoms with Crippen LogP contribution in [0.3, 0.4) is 0 Å². The molecule has 8 heteroatoms. The SMILES string of the molecule is Cc1c(CSc2cc(N)nc3n[nH]nc23)cnn1-c1ccccc1. The van der Waals surface area contributed by atoms with Crippen molar-refractivity contribution in [3.63, 3.8) is 0 Å². The Balaban J connectivity index is 1.60. The summed E-state index contributed by atoms with van der Waals surface area (Å²) >= 11 is 1.65. The van der Waals surface area contributed by atoms with Gasteiger partial charge >= 0.3 is 0 Å². The first-order chi connectivity index (χ1) is 11.7. The van der Waals surface area contributed by atoms with E-state index >= 15 is 0 Å². The molecule has 0 aliphatic heterocycles. The van der Waals surface area contributed by atoms with E-state index in [2.05, 4.69) is 32.4 Å². The first-order valence-electron chi connectivity index (χ1n) is 7.41. The second kappa shape index (κ2) is 5.97. The number of anilines is 1. The number of para-hydroxylation sites is 1. The number of hydrogen-bond donors (Lipinski definition) is 2. The Morgan fingerprint density at radius 2 is 2.04 bits per heavy atom. The molecule has 3 heterocycles. The van der Waals surface area contributed by atoms with Gasteiger partial charge in [0.1, 0.15) is 11.3 Å². The maximum absolute atomic E-state index is 5.84. The maximum Gasteiger partial charge on any atom is 0.204 e. The van der Waals surface area contributed by atoms with Crippen LogP contribution in [0.5, 0.6) is 0 Å². The molecule has 0 saturated carbocycles. The summed E-state index contributed by atoms with van der Waals surface area (Å²) in [4.78, 5) is 5.11. The second-order valence-electron chi connectivity index (χ2n) is 5.33. The summed E-state index contributed by atoms with van der Waals surface area (Å²) in [5.41, 5.74) is 10.4. The van der Waals surface area contributed by atoms with Gasteiger partial charge < -0.3 is 5.73 Å². The largest absolute Gasteiger partial charge is 0.384 e. The van der Waals surface area contributed by atoms with Crippen molar-refractivity contribution >= 4 is 28.7 Å². The van der Waals surface area contributed by atoms with Crippen molar-refractivity contribution in [3.05, 3.63) is 53.9 Å². The lowest BCUT2D eigenvalue weighted by molar-refractivity contribution is 0.845. The van der Waals surface area contributed by atoms with Crippen molar-refractivity contribution in [1.29, 1.82) is 0 Å². The van der Waals surface area contributed by atoms with Crippen LogP contribution in [0.1, 0.15) is 11.3 Å². The standard InChI is InChI=1S/C16H15N7S/c1-10-11(8-18-23(10)12-5-3-2-4-6-12)9-24-13-7-14(17)19-16-15(13)20-22-21-16/h2-8H,9H2,1H3,(H3,17,19,20,21,22). The fourth-order valence-corrected chi connectivity index (χ4v) is 3.58. The number of nitrogens with two attached hydrogens (primary N) is 1. The Bertz CT molecular complexity index is 990. The van der Waals surface area contributed by atoms with E-state index in [0.717, 1.165) is 33.1 Å². The maximum atomic E-state index is 5.84. The van der Waals surface area contributed by atoms with Crippen LogP contribution in [0.25, 0.3) is 16.9 Å². The van der Waals surface area contributed by atoms with E-state index in [-0.39, 0.29) is 0 Å². The van der Waals surface area contributed by atoms with Gasteiger partial charge in [-0.3, -0.25) is 0 Å². The third kappa shape index (κ3) is 2.61. The molecule has 120 valence electrons. The van der Waals surface area contributed by atoms with Crippen LogP contribution >= 0.6 is 11.8 Å². The number of rotatable bonds is 4. The van der Waals surface area contributed by atoms with Gasteiger partial charge in [0.25, 0.3) is 0 Å². The number of thioether (sulfide) groups is 1. The van der Waals surface area contributed by atoms with Gasteiger partial charge in [0.05, 0.1) is 11.9 Å².